The Morgan fingerprint density at radius 1 is 1.08 bits per heavy atom. The van der Waals surface area contributed by atoms with Crippen molar-refractivity contribution in [3.8, 4) is 5.75 Å². The number of methoxy groups -OCH3 is 1. The van der Waals surface area contributed by atoms with Gasteiger partial charge >= 0.3 is 0 Å². The van der Waals surface area contributed by atoms with E-state index in [-0.39, 0.29) is 5.91 Å². The summed E-state index contributed by atoms with van der Waals surface area (Å²) in [5, 5.41) is 0. The van der Waals surface area contributed by atoms with Crippen molar-refractivity contribution in [3.05, 3.63) is 63.7 Å². The molecular weight excluding hydrogens is 322 g/mol. The summed E-state index contributed by atoms with van der Waals surface area (Å²) >= 11 is 0. The molecule has 4 rings (SSSR count). The van der Waals surface area contributed by atoms with Gasteiger partial charge in [0.1, 0.15) is 5.75 Å². The number of hydrogen-bond acceptors (Lipinski definition) is 2. The molecule has 2 aromatic carbocycles. The lowest BCUT2D eigenvalue weighted by Gasteiger charge is -2.23. The van der Waals surface area contributed by atoms with Crippen molar-refractivity contribution in [2.45, 2.75) is 58.5 Å². The van der Waals surface area contributed by atoms with Gasteiger partial charge < -0.3 is 9.64 Å². The Kier molecular flexibility index (Phi) is 4.47. The van der Waals surface area contributed by atoms with Crippen LogP contribution in [-0.4, -0.2) is 24.0 Å². The average Bonchev–Trinajstić information content (AvgIpc) is 3.29. The number of ether oxygens (including phenoxy) is 1. The monoisotopic (exact) mass is 349 g/mol. The third-order valence-corrected chi connectivity index (χ3v) is 6.28. The maximum atomic E-state index is 13.0. The molecule has 3 heteroatoms. The van der Waals surface area contributed by atoms with Gasteiger partial charge in [-0.05, 0) is 79.1 Å². The molecule has 1 heterocycles. The molecule has 0 N–H and O–H groups in total. The van der Waals surface area contributed by atoms with Crippen molar-refractivity contribution in [2.75, 3.05) is 7.11 Å². The molecule has 0 spiro atoms. The van der Waals surface area contributed by atoms with E-state index < -0.39 is 0 Å². The quantitative estimate of drug-likeness (QED) is 0.793. The molecule has 2 aromatic rings. The van der Waals surface area contributed by atoms with Crippen molar-refractivity contribution < 1.29 is 9.53 Å². The zero-order valence-electron chi connectivity index (χ0n) is 16.0. The fourth-order valence-corrected chi connectivity index (χ4v) is 4.49. The molecule has 26 heavy (non-hydrogen) atoms. The smallest absolute Gasteiger partial charge is 0.254 e. The highest BCUT2D eigenvalue weighted by Gasteiger charge is 2.35. The van der Waals surface area contributed by atoms with Crippen molar-refractivity contribution >= 4 is 5.91 Å². The number of benzene rings is 2. The molecule has 3 nitrogen and oxygen atoms in total. The van der Waals surface area contributed by atoms with Gasteiger partial charge in [0.2, 0.25) is 0 Å². The van der Waals surface area contributed by atoms with Crippen molar-refractivity contribution in [3.63, 3.8) is 0 Å². The lowest BCUT2D eigenvalue weighted by molar-refractivity contribution is 0.0707. The summed E-state index contributed by atoms with van der Waals surface area (Å²) in [5.41, 5.74) is 7.29. The van der Waals surface area contributed by atoms with Gasteiger partial charge in [-0.3, -0.25) is 4.79 Å². The van der Waals surface area contributed by atoms with Crippen LogP contribution in [0.4, 0.5) is 0 Å². The van der Waals surface area contributed by atoms with Gasteiger partial charge in [0.05, 0.1) is 7.11 Å². The topological polar surface area (TPSA) is 29.5 Å². The zero-order valence-corrected chi connectivity index (χ0v) is 16.0. The second kappa shape index (κ2) is 6.79. The number of carbonyl (C=O) groups is 1. The van der Waals surface area contributed by atoms with Crippen LogP contribution in [0.1, 0.15) is 63.9 Å². The van der Waals surface area contributed by atoms with Gasteiger partial charge in [-0.1, -0.05) is 25.0 Å². The van der Waals surface area contributed by atoms with E-state index in [0.29, 0.717) is 6.04 Å². The number of carbonyl (C=O) groups excluding carboxylic acids is 1. The van der Waals surface area contributed by atoms with Crippen LogP contribution in [0.5, 0.6) is 5.75 Å². The van der Waals surface area contributed by atoms with Crippen LogP contribution >= 0.6 is 0 Å². The fraction of sp³-hybridized carbons (Fsp3) is 0.435. The first-order valence-electron chi connectivity index (χ1n) is 9.64. The van der Waals surface area contributed by atoms with Gasteiger partial charge in [-0.2, -0.15) is 0 Å². The molecular formula is C23H27NO2. The predicted molar refractivity (Wildman–Crippen MR) is 104 cm³/mol. The highest BCUT2D eigenvalue weighted by Crippen LogP contribution is 2.35. The lowest BCUT2D eigenvalue weighted by Crippen LogP contribution is -2.33. The van der Waals surface area contributed by atoms with Crippen molar-refractivity contribution in [2.24, 2.45) is 0 Å². The first-order valence-corrected chi connectivity index (χ1v) is 9.64. The summed E-state index contributed by atoms with van der Waals surface area (Å²) in [5.74, 6) is 1.11. The Morgan fingerprint density at radius 3 is 2.42 bits per heavy atom. The first kappa shape index (κ1) is 17.1. The number of nitrogens with zero attached hydrogens (tertiary/aromatic N) is 1. The van der Waals surface area contributed by atoms with Crippen LogP contribution in [0.3, 0.4) is 0 Å². The SMILES string of the molecule is COc1ccc(Cc2cc3c(c(C)c2C)CN(C2CCCC2)C3=O)cc1. The van der Waals surface area contributed by atoms with Crippen LogP contribution in [0.2, 0.25) is 0 Å². The maximum Gasteiger partial charge on any atom is 0.254 e. The van der Waals surface area contributed by atoms with E-state index in [2.05, 4.69) is 36.9 Å². The van der Waals surface area contributed by atoms with E-state index in [0.717, 1.165) is 37.1 Å². The molecule has 1 aliphatic heterocycles. The highest BCUT2D eigenvalue weighted by atomic mass is 16.5. The minimum Gasteiger partial charge on any atom is -0.497 e. The number of fused-ring (bicyclic) bond motifs is 1. The summed E-state index contributed by atoms with van der Waals surface area (Å²) in [4.78, 5) is 15.2. The summed E-state index contributed by atoms with van der Waals surface area (Å²) in [6.07, 6.45) is 5.69. The van der Waals surface area contributed by atoms with Crippen LogP contribution < -0.4 is 4.74 Å². The molecule has 1 aliphatic carbocycles. The normalized spacial score (nSPS) is 17.0. The van der Waals surface area contributed by atoms with Crippen LogP contribution in [0.25, 0.3) is 0 Å². The number of hydrogen-bond donors (Lipinski definition) is 0. The second-order valence-electron chi connectivity index (χ2n) is 7.71. The van der Waals surface area contributed by atoms with Crippen LogP contribution in [-0.2, 0) is 13.0 Å². The van der Waals surface area contributed by atoms with E-state index in [1.54, 1.807) is 7.11 Å². The molecule has 0 saturated heterocycles. The third kappa shape index (κ3) is 2.90. The third-order valence-electron chi connectivity index (χ3n) is 6.28. The Balaban J connectivity index is 1.64. The van der Waals surface area contributed by atoms with Crippen LogP contribution in [0, 0.1) is 13.8 Å². The van der Waals surface area contributed by atoms with Gasteiger partial charge in [0.25, 0.3) is 5.91 Å². The summed E-state index contributed by atoms with van der Waals surface area (Å²) in [6.45, 7) is 5.17. The Labute approximate surface area is 156 Å². The molecule has 0 unspecified atom stereocenters. The Morgan fingerprint density at radius 2 is 1.77 bits per heavy atom. The van der Waals surface area contributed by atoms with Gasteiger partial charge in [-0.15, -0.1) is 0 Å². The second-order valence-corrected chi connectivity index (χ2v) is 7.71. The Hall–Kier alpha value is -2.29. The van der Waals surface area contributed by atoms with Gasteiger partial charge in [0, 0.05) is 18.2 Å². The van der Waals surface area contributed by atoms with Gasteiger partial charge in [0.15, 0.2) is 0 Å². The zero-order chi connectivity index (χ0) is 18.3. The largest absolute Gasteiger partial charge is 0.497 e. The maximum absolute atomic E-state index is 13.0. The molecule has 0 atom stereocenters. The van der Waals surface area contributed by atoms with E-state index >= 15 is 0 Å². The average molecular weight is 349 g/mol. The van der Waals surface area contributed by atoms with E-state index in [4.69, 9.17) is 4.74 Å². The number of amides is 1. The summed E-state index contributed by atoms with van der Waals surface area (Å²) in [6, 6.07) is 10.8. The minimum absolute atomic E-state index is 0.242. The Bertz CT molecular complexity index is 832. The van der Waals surface area contributed by atoms with E-state index in [1.807, 2.05) is 12.1 Å². The lowest BCUT2D eigenvalue weighted by atomic mass is 9.91. The summed E-state index contributed by atoms with van der Waals surface area (Å²) in [7, 11) is 1.69. The van der Waals surface area contributed by atoms with Crippen molar-refractivity contribution in [1.29, 1.82) is 0 Å². The highest BCUT2D eigenvalue weighted by molar-refractivity contribution is 5.99. The van der Waals surface area contributed by atoms with Crippen molar-refractivity contribution in [1.82, 2.24) is 4.90 Å². The summed E-state index contributed by atoms with van der Waals surface area (Å²) < 4.78 is 5.25. The molecule has 1 fully saturated rings. The van der Waals surface area contributed by atoms with E-state index in [1.165, 1.54) is 40.7 Å². The number of rotatable bonds is 4. The van der Waals surface area contributed by atoms with Gasteiger partial charge in [-0.25, -0.2) is 0 Å². The minimum atomic E-state index is 0.242. The molecule has 2 aliphatic rings. The van der Waals surface area contributed by atoms with E-state index in [9.17, 15) is 4.79 Å². The molecule has 136 valence electrons. The van der Waals surface area contributed by atoms with Crippen LogP contribution in [0.15, 0.2) is 30.3 Å². The molecule has 1 saturated carbocycles. The molecule has 1 amide bonds. The first-order chi connectivity index (χ1) is 12.6. The molecule has 0 aromatic heterocycles. The molecule has 0 bridgehead atoms. The standard InChI is InChI=1S/C23H27NO2/c1-15-16(2)22-14-24(19-6-4-5-7-19)23(25)21(22)13-18(15)12-17-8-10-20(26-3)11-9-17/h8-11,13,19H,4-7,12,14H2,1-3H3. The fourth-order valence-electron chi connectivity index (χ4n) is 4.49. The molecule has 0 radical (unpaired) electrons. The predicted octanol–water partition coefficient (Wildman–Crippen LogP) is 4.80.